The normalized spacial score (nSPS) is 16.5. The summed E-state index contributed by atoms with van der Waals surface area (Å²) in [5, 5.41) is 20.4. The van der Waals surface area contributed by atoms with E-state index in [0.29, 0.717) is 31.8 Å². The molecule has 9 nitrogen and oxygen atoms in total. The molecule has 3 heterocycles. The third-order valence-corrected chi connectivity index (χ3v) is 8.43. The molecule has 1 aliphatic heterocycles. The molecule has 1 atom stereocenters. The standard InChI is InChI=1S/C27H19ClN4O5S2/c1-37-25(36)17-8-6-15(7-9-17)21-20(22(33)16-10-12-29-13-11-16)23(34)24(35)32(21)26-30-31-27(39-26)38-14-18-4-2-3-5-19(18)28/h2-13,21,33H,14H2,1H3. The predicted molar refractivity (Wildman–Crippen MR) is 148 cm³/mol. The molecule has 39 heavy (non-hydrogen) atoms. The molecule has 2 aromatic carbocycles. The smallest absolute Gasteiger partial charge is 0.337 e. The molecule has 4 aromatic rings. The Bertz CT molecular complexity index is 1590. The number of benzene rings is 2. The van der Waals surface area contributed by atoms with E-state index in [1.807, 2.05) is 18.2 Å². The number of pyridine rings is 1. The molecule has 1 unspecified atom stereocenters. The van der Waals surface area contributed by atoms with Crippen LogP contribution >= 0.6 is 34.7 Å². The van der Waals surface area contributed by atoms with Crippen molar-refractivity contribution in [1.82, 2.24) is 15.2 Å². The number of ether oxygens (including phenoxy) is 1. The third-order valence-electron chi connectivity index (χ3n) is 5.96. The maximum atomic E-state index is 13.3. The summed E-state index contributed by atoms with van der Waals surface area (Å²) in [6, 6.07) is 15.8. The van der Waals surface area contributed by atoms with Crippen molar-refractivity contribution in [2.45, 2.75) is 16.1 Å². The molecule has 1 N–H and O–H groups in total. The number of thioether (sulfide) groups is 1. The van der Waals surface area contributed by atoms with Crippen molar-refractivity contribution in [2.24, 2.45) is 0 Å². The van der Waals surface area contributed by atoms with Crippen LogP contribution in [-0.4, -0.2) is 45.1 Å². The number of aliphatic hydroxyl groups excluding tert-OH is 1. The van der Waals surface area contributed by atoms with Gasteiger partial charge in [0.1, 0.15) is 5.76 Å². The number of aromatic nitrogens is 3. The van der Waals surface area contributed by atoms with Crippen molar-refractivity contribution in [3.63, 3.8) is 0 Å². The predicted octanol–water partition coefficient (Wildman–Crippen LogP) is 5.29. The largest absolute Gasteiger partial charge is 0.507 e. The van der Waals surface area contributed by atoms with E-state index in [4.69, 9.17) is 16.3 Å². The number of anilines is 1. The Morgan fingerprint density at radius 2 is 1.77 bits per heavy atom. The van der Waals surface area contributed by atoms with Crippen molar-refractivity contribution in [3.8, 4) is 0 Å². The van der Waals surface area contributed by atoms with Gasteiger partial charge in [0.25, 0.3) is 5.78 Å². The van der Waals surface area contributed by atoms with Crippen molar-refractivity contribution in [1.29, 1.82) is 0 Å². The van der Waals surface area contributed by atoms with Crippen LogP contribution in [0.3, 0.4) is 0 Å². The van der Waals surface area contributed by atoms with Crippen molar-refractivity contribution in [2.75, 3.05) is 12.0 Å². The maximum absolute atomic E-state index is 13.3. The monoisotopic (exact) mass is 578 g/mol. The molecule has 2 aromatic heterocycles. The maximum Gasteiger partial charge on any atom is 0.337 e. The number of Topliss-reactive ketones (excluding diaryl/α,β-unsaturated/α-hetero) is 1. The van der Waals surface area contributed by atoms with Gasteiger partial charge in [0.2, 0.25) is 5.13 Å². The summed E-state index contributed by atoms with van der Waals surface area (Å²) in [4.78, 5) is 43.8. The number of nitrogens with zero attached hydrogens (tertiary/aromatic N) is 4. The fourth-order valence-corrected chi connectivity index (χ4v) is 6.20. The van der Waals surface area contributed by atoms with E-state index in [0.717, 1.165) is 16.9 Å². The molecular formula is C27H19ClN4O5S2. The van der Waals surface area contributed by atoms with Gasteiger partial charge in [-0.15, -0.1) is 10.2 Å². The Hall–Kier alpha value is -4.06. The minimum absolute atomic E-state index is 0.113. The molecular weight excluding hydrogens is 560 g/mol. The second-order valence-corrected chi connectivity index (χ2v) is 10.8. The summed E-state index contributed by atoms with van der Waals surface area (Å²) in [6.07, 6.45) is 2.94. The molecule has 1 aliphatic rings. The Morgan fingerprint density at radius 3 is 2.46 bits per heavy atom. The molecule has 0 bridgehead atoms. The van der Waals surface area contributed by atoms with Crippen molar-refractivity contribution < 1.29 is 24.2 Å². The van der Waals surface area contributed by atoms with Crippen molar-refractivity contribution in [3.05, 3.63) is 106 Å². The molecule has 0 spiro atoms. The van der Waals surface area contributed by atoms with Crippen LogP contribution in [0.2, 0.25) is 5.02 Å². The van der Waals surface area contributed by atoms with E-state index in [1.165, 1.54) is 60.4 Å². The Morgan fingerprint density at radius 1 is 1.05 bits per heavy atom. The summed E-state index contributed by atoms with van der Waals surface area (Å²) in [5.74, 6) is -2.07. The summed E-state index contributed by atoms with van der Waals surface area (Å²) < 4.78 is 5.34. The Labute approximate surface area is 236 Å². The van der Waals surface area contributed by atoms with Gasteiger partial charge in [0.15, 0.2) is 4.34 Å². The third kappa shape index (κ3) is 5.29. The van der Waals surface area contributed by atoms with Gasteiger partial charge in [-0.3, -0.25) is 19.5 Å². The number of hydrogen-bond donors (Lipinski definition) is 1. The highest BCUT2D eigenvalue weighted by Gasteiger charge is 2.48. The average molecular weight is 579 g/mol. The van der Waals surface area contributed by atoms with E-state index < -0.39 is 23.7 Å². The zero-order valence-corrected chi connectivity index (χ0v) is 22.7. The number of halogens is 1. The van der Waals surface area contributed by atoms with Crippen LogP contribution in [-0.2, 0) is 20.1 Å². The van der Waals surface area contributed by atoms with Gasteiger partial charge in [-0.05, 0) is 41.5 Å². The number of esters is 1. The van der Waals surface area contributed by atoms with Crippen molar-refractivity contribution >= 4 is 63.3 Å². The van der Waals surface area contributed by atoms with Gasteiger partial charge in [0.05, 0.1) is 24.3 Å². The number of ketones is 1. The summed E-state index contributed by atoms with van der Waals surface area (Å²) in [6.45, 7) is 0. The van der Waals surface area contributed by atoms with Crippen LogP contribution in [0.5, 0.6) is 0 Å². The highest BCUT2D eigenvalue weighted by molar-refractivity contribution is 8.00. The van der Waals surface area contributed by atoms with Crippen LogP contribution in [0.25, 0.3) is 5.76 Å². The molecule has 0 aliphatic carbocycles. The molecule has 5 rings (SSSR count). The summed E-state index contributed by atoms with van der Waals surface area (Å²) in [5.41, 5.74) is 1.91. The number of carbonyl (C=O) groups excluding carboxylic acids is 3. The quantitative estimate of drug-likeness (QED) is 0.0778. The number of rotatable bonds is 7. The van der Waals surface area contributed by atoms with Gasteiger partial charge in [-0.25, -0.2) is 4.79 Å². The fourth-order valence-electron chi connectivity index (χ4n) is 4.04. The average Bonchev–Trinajstić information content (AvgIpc) is 3.54. The van der Waals surface area contributed by atoms with Crippen LogP contribution < -0.4 is 4.90 Å². The van der Waals surface area contributed by atoms with Crippen LogP contribution in [0, 0.1) is 0 Å². The molecule has 1 saturated heterocycles. The number of amides is 1. The van der Waals surface area contributed by atoms with E-state index in [1.54, 1.807) is 18.2 Å². The Balaban J connectivity index is 1.54. The molecule has 0 radical (unpaired) electrons. The second-order valence-electron chi connectivity index (χ2n) is 8.25. The van der Waals surface area contributed by atoms with Gasteiger partial charge < -0.3 is 9.84 Å². The van der Waals surface area contributed by atoms with Gasteiger partial charge in [0, 0.05) is 28.7 Å². The van der Waals surface area contributed by atoms with Gasteiger partial charge in [-0.1, -0.05) is 65.0 Å². The van der Waals surface area contributed by atoms with Gasteiger partial charge >= 0.3 is 11.9 Å². The minimum Gasteiger partial charge on any atom is -0.507 e. The summed E-state index contributed by atoms with van der Waals surface area (Å²) in [7, 11) is 1.27. The number of hydrogen-bond acceptors (Lipinski definition) is 10. The first kappa shape index (κ1) is 26.5. The van der Waals surface area contributed by atoms with Gasteiger partial charge in [-0.2, -0.15) is 0 Å². The van der Waals surface area contributed by atoms with Crippen LogP contribution in [0.1, 0.15) is 33.1 Å². The SMILES string of the molecule is COC(=O)c1ccc(C2C(=C(O)c3ccncc3)C(=O)C(=O)N2c2nnc(SCc3ccccc3Cl)s2)cc1. The van der Waals surface area contributed by atoms with E-state index in [-0.39, 0.29) is 16.5 Å². The first-order valence-electron chi connectivity index (χ1n) is 11.5. The number of carbonyl (C=O) groups is 3. The van der Waals surface area contributed by atoms with E-state index in [9.17, 15) is 19.5 Å². The summed E-state index contributed by atoms with van der Waals surface area (Å²) >= 11 is 8.80. The molecule has 0 saturated carbocycles. The van der Waals surface area contributed by atoms with Crippen LogP contribution in [0.4, 0.5) is 5.13 Å². The lowest BCUT2D eigenvalue weighted by Gasteiger charge is -2.22. The van der Waals surface area contributed by atoms with E-state index in [2.05, 4.69) is 15.2 Å². The fraction of sp³-hybridized carbons (Fsp3) is 0.111. The molecule has 12 heteroatoms. The number of aliphatic hydroxyl groups is 1. The lowest BCUT2D eigenvalue weighted by Crippen LogP contribution is -2.29. The van der Waals surface area contributed by atoms with E-state index >= 15 is 0 Å². The second kappa shape index (κ2) is 11.4. The topological polar surface area (TPSA) is 123 Å². The van der Waals surface area contributed by atoms with Crippen LogP contribution in [0.15, 0.2) is 83.0 Å². The minimum atomic E-state index is -1.01. The molecule has 1 fully saturated rings. The zero-order chi connectivity index (χ0) is 27.5. The highest BCUT2D eigenvalue weighted by Crippen LogP contribution is 2.44. The zero-order valence-electron chi connectivity index (χ0n) is 20.3. The Kier molecular flexibility index (Phi) is 7.73. The number of methoxy groups -OCH3 is 1. The highest BCUT2D eigenvalue weighted by atomic mass is 35.5. The molecule has 196 valence electrons. The molecule has 1 amide bonds. The lowest BCUT2D eigenvalue weighted by molar-refractivity contribution is -0.132. The lowest BCUT2D eigenvalue weighted by atomic mass is 9.95. The first-order chi connectivity index (χ1) is 18.9. The first-order valence-corrected chi connectivity index (χ1v) is 13.7.